The second-order valence-corrected chi connectivity index (χ2v) is 6.06. The summed E-state index contributed by atoms with van der Waals surface area (Å²) >= 11 is 7.36. The zero-order valence-corrected chi connectivity index (χ0v) is 13.4. The van der Waals surface area contributed by atoms with E-state index < -0.39 is 0 Å². The van der Waals surface area contributed by atoms with Crippen molar-refractivity contribution in [2.24, 2.45) is 7.05 Å². The number of aromatic nitrogens is 4. The van der Waals surface area contributed by atoms with Gasteiger partial charge >= 0.3 is 0 Å². The highest BCUT2D eigenvalue weighted by molar-refractivity contribution is 7.99. The second-order valence-electron chi connectivity index (χ2n) is 4.68. The molecular formula is C15H13ClN4OS. The molecule has 3 aromatic rings. The fourth-order valence-electron chi connectivity index (χ4n) is 2.08. The molecule has 2 heterocycles. The van der Waals surface area contributed by atoms with Gasteiger partial charge in [-0.25, -0.2) is 0 Å². The molecule has 0 fully saturated rings. The molecule has 0 N–H and O–H groups in total. The van der Waals surface area contributed by atoms with Gasteiger partial charge in [0.25, 0.3) is 0 Å². The van der Waals surface area contributed by atoms with E-state index in [2.05, 4.69) is 10.2 Å². The van der Waals surface area contributed by atoms with Gasteiger partial charge in [-0.3, -0.25) is 9.36 Å². The molecule has 0 amide bonds. The minimum atomic E-state index is 0.0538. The molecule has 1 aromatic carbocycles. The van der Waals surface area contributed by atoms with Crippen molar-refractivity contribution in [3.05, 3.63) is 59.6 Å². The first-order valence-corrected chi connectivity index (χ1v) is 7.95. The molecule has 22 heavy (non-hydrogen) atoms. The van der Waals surface area contributed by atoms with Gasteiger partial charge < -0.3 is 4.57 Å². The molecule has 2 aromatic heterocycles. The van der Waals surface area contributed by atoms with Crippen LogP contribution in [0.2, 0.25) is 5.02 Å². The summed E-state index contributed by atoms with van der Waals surface area (Å²) in [5.74, 6) is 0.357. The molecular weight excluding hydrogens is 320 g/mol. The number of Topliss-reactive ketones (excluding diaryl/α,β-unsaturated/α-hetero) is 1. The highest BCUT2D eigenvalue weighted by atomic mass is 35.5. The van der Waals surface area contributed by atoms with Gasteiger partial charge in [-0.1, -0.05) is 29.4 Å². The number of hydrogen-bond donors (Lipinski definition) is 0. The quantitative estimate of drug-likeness (QED) is 0.531. The number of aryl methyl sites for hydroxylation is 1. The van der Waals surface area contributed by atoms with Crippen LogP contribution in [0, 0.1) is 0 Å². The summed E-state index contributed by atoms with van der Waals surface area (Å²) in [7, 11) is 1.85. The molecule has 0 bridgehead atoms. The lowest BCUT2D eigenvalue weighted by molar-refractivity contribution is 0.101. The Morgan fingerprint density at radius 3 is 2.91 bits per heavy atom. The number of nitrogens with zero attached hydrogens (tertiary/aromatic N) is 4. The number of halogens is 1. The van der Waals surface area contributed by atoms with Crippen LogP contribution in [0.4, 0.5) is 0 Å². The minimum absolute atomic E-state index is 0.0538. The Labute approximate surface area is 136 Å². The van der Waals surface area contributed by atoms with E-state index in [0.29, 0.717) is 21.6 Å². The van der Waals surface area contributed by atoms with Gasteiger partial charge in [0.05, 0.1) is 17.1 Å². The smallest absolute Gasteiger partial charge is 0.196 e. The van der Waals surface area contributed by atoms with Crippen LogP contribution >= 0.6 is 23.4 Å². The van der Waals surface area contributed by atoms with E-state index in [4.69, 9.17) is 11.6 Å². The van der Waals surface area contributed by atoms with E-state index in [1.807, 2.05) is 52.7 Å². The topological polar surface area (TPSA) is 52.7 Å². The molecule has 0 aliphatic rings. The Hall–Kier alpha value is -2.05. The van der Waals surface area contributed by atoms with E-state index in [1.54, 1.807) is 12.4 Å². The first-order chi connectivity index (χ1) is 10.6. The van der Waals surface area contributed by atoms with E-state index >= 15 is 0 Å². The Kier molecular flexibility index (Phi) is 4.31. The van der Waals surface area contributed by atoms with Crippen molar-refractivity contribution in [2.75, 3.05) is 5.75 Å². The average Bonchev–Trinajstić information content (AvgIpc) is 3.13. The molecule has 0 atom stereocenters. The number of ketones is 1. The molecule has 0 radical (unpaired) electrons. The van der Waals surface area contributed by atoms with Crippen LogP contribution < -0.4 is 0 Å². The van der Waals surface area contributed by atoms with Gasteiger partial charge in [0.2, 0.25) is 0 Å². The van der Waals surface area contributed by atoms with Gasteiger partial charge in [-0.05, 0) is 30.3 Å². The zero-order chi connectivity index (χ0) is 15.5. The summed E-state index contributed by atoms with van der Waals surface area (Å²) in [6.07, 6.45) is 3.47. The van der Waals surface area contributed by atoms with E-state index in [0.717, 1.165) is 5.69 Å². The fraction of sp³-hybridized carbons (Fsp3) is 0.133. The van der Waals surface area contributed by atoms with Crippen molar-refractivity contribution in [2.45, 2.75) is 5.16 Å². The third kappa shape index (κ3) is 3.08. The molecule has 3 rings (SSSR count). The highest BCUT2D eigenvalue weighted by Gasteiger charge is 2.13. The first kappa shape index (κ1) is 14.9. The van der Waals surface area contributed by atoms with Crippen molar-refractivity contribution in [1.82, 2.24) is 19.3 Å². The van der Waals surface area contributed by atoms with Crippen LogP contribution in [-0.4, -0.2) is 30.9 Å². The fourth-order valence-corrected chi connectivity index (χ4v) is 3.07. The number of benzene rings is 1. The number of carbonyl (C=O) groups excluding carboxylic acids is 1. The SMILES string of the molecule is Cn1cccc1C(=O)CSc1nncn1-c1cccc(Cl)c1. The van der Waals surface area contributed by atoms with Gasteiger partial charge in [0.1, 0.15) is 6.33 Å². The van der Waals surface area contributed by atoms with Crippen molar-refractivity contribution in [1.29, 1.82) is 0 Å². The maximum atomic E-state index is 12.2. The Bertz CT molecular complexity index is 811. The van der Waals surface area contributed by atoms with Crippen LogP contribution in [0.15, 0.2) is 54.1 Å². The standard InChI is InChI=1S/C15H13ClN4OS/c1-19-7-3-6-13(19)14(21)9-22-15-18-17-10-20(15)12-5-2-4-11(16)8-12/h2-8,10H,9H2,1H3. The van der Waals surface area contributed by atoms with E-state index in [-0.39, 0.29) is 5.78 Å². The summed E-state index contributed by atoms with van der Waals surface area (Å²) < 4.78 is 3.62. The number of hydrogen-bond acceptors (Lipinski definition) is 4. The normalized spacial score (nSPS) is 10.8. The van der Waals surface area contributed by atoms with Crippen LogP contribution in [0.5, 0.6) is 0 Å². The second kappa shape index (κ2) is 6.37. The zero-order valence-electron chi connectivity index (χ0n) is 11.8. The van der Waals surface area contributed by atoms with E-state index in [1.165, 1.54) is 11.8 Å². The first-order valence-electron chi connectivity index (χ1n) is 6.58. The predicted octanol–water partition coefficient (Wildman–Crippen LogP) is 3.23. The minimum Gasteiger partial charge on any atom is -0.348 e. The molecule has 5 nitrogen and oxygen atoms in total. The molecule has 112 valence electrons. The molecule has 0 spiro atoms. The number of rotatable bonds is 5. The average molecular weight is 333 g/mol. The predicted molar refractivity (Wildman–Crippen MR) is 86.8 cm³/mol. The number of thioether (sulfide) groups is 1. The molecule has 0 saturated heterocycles. The van der Waals surface area contributed by atoms with Crippen LogP contribution in [0.3, 0.4) is 0 Å². The van der Waals surface area contributed by atoms with Crippen molar-refractivity contribution in [3.8, 4) is 5.69 Å². The van der Waals surface area contributed by atoms with Gasteiger partial charge in [0, 0.05) is 18.3 Å². The summed E-state index contributed by atoms with van der Waals surface area (Å²) in [6.45, 7) is 0. The lowest BCUT2D eigenvalue weighted by Crippen LogP contribution is -2.08. The molecule has 7 heteroatoms. The number of carbonyl (C=O) groups is 1. The Balaban J connectivity index is 1.76. The summed E-state index contributed by atoms with van der Waals surface area (Å²) in [6, 6.07) is 11.1. The summed E-state index contributed by atoms with van der Waals surface area (Å²) in [5, 5.41) is 9.29. The Morgan fingerprint density at radius 1 is 1.32 bits per heavy atom. The lowest BCUT2D eigenvalue weighted by atomic mass is 10.3. The van der Waals surface area contributed by atoms with Crippen molar-refractivity contribution in [3.63, 3.8) is 0 Å². The monoisotopic (exact) mass is 332 g/mol. The van der Waals surface area contributed by atoms with Crippen molar-refractivity contribution >= 4 is 29.1 Å². The third-order valence-corrected chi connectivity index (χ3v) is 4.34. The molecule has 0 aliphatic carbocycles. The third-order valence-electron chi connectivity index (χ3n) is 3.16. The largest absolute Gasteiger partial charge is 0.348 e. The van der Waals surface area contributed by atoms with Gasteiger partial charge in [-0.15, -0.1) is 10.2 Å². The lowest BCUT2D eigenvalue weighted by Gasteiger charge is -2.06. The summed E-state index contributed by atoms with van der Waals surface area (Å²) in [5.41, 5.74) is 1.55. The maximum Gasteiger partial charge on any atom is 0.196 e. The Morgan fingerprint density at radius 2 is 2.18 bits per heavy atom. The van der Waals surface area contributed by atoms with E-state index in [9.17, 15) is 4.79 Å². The maximum absolute atomic E-state index is 12.2. The molecule has 0 aliphatic heterocycles. The van der Waals surface area contributed by atoms with Crippen molar-refractivity contribution < 1.29 is 4.79 Å². The van der Waals surface area contributed by atoms with Crippen LogP contribution in [-0.2, 0) is 7.05 Å². The highest BCUT2D eigenvalue weighted by Crippen LogP contribution is 2.22. The van der Waals surface area contributed by atoms with Crippen LogP contribution in [0.25, 0.3) is 5.69 Å². The summed E-state index contributed by atoms with van der Waals surface area (Å²) in [4.78, 5) is 12.2. The van der Waals surface area contributed by atoms with Gasteiger partial charge in [-0.2, -0.15) is 0 Å². The molecule has 0 saturated carbocycles. The van der Waals surface area contributed by atoms with Gasteiger partial charge in [0.15, 0.2) is 10.9 Å². The van der Waals surface area contributed by atoms with Crippen LogP contribution in [0.1, 0.15) is 10.5 Å². The molecule has 0 unspecified atom stereocenters.